The molecule has 4 amide bonds. The van der Waals surface area contributed by atoms with Gasteiger partial charge in [0.05, 0.1) is 25.6 Å². The molecule has 3 atom stereocenters. The molecule has 0 unspecified atom stereocenters. The van der Waals surface area contributed by atoms with Crippen molar-refractivity contribution < 1.29 is 32.3 Å². The molecule has 4 rings (SSSR count). The highest BCUT2D eigenvalue weighted by atomic mass is 32.2. The molecule has 1 saturated heterocycles. The zero-order chi connectivity index (χ0) is 32.2. The van der Waals surface area contributed by atoms with E-state index in [-0.39, 0.29) is 18.8 Å². The zero-order valence-electron chi connectivity index (χ0n) is 25.7. The second-order valence-electron chi connectivity index (χ2n) is 11.8. The maximum absolute atomic E-state index is 13.3. The number of rotatable bonds is 9. The molecule has 1 aliphatic heterocycles. The summed E-state index contributed by atoms with van der Waals surface area (Å²) in [6, 6.07) is 18.4. The molecule has 234 valence electrons. The fraction of sp³-hybridized carbons (Fsp3) is 0.375. The first-order valence-corrected chi connectivity index (χ1v) is 16.1. The first kappa shape index (κ1) is 32.5. The number of nitrogens with zero attached hydrogens (tertiary/aromatic N) is 3. The van der Waals surface area contributed by atoms with Crippen LogP contribution in [0.1, 0.15) is 50.4 Å². The minimum atomic E-state index is -3.84. The Labute approximate surface area is 258 Å². The molecule has 1 aliphatic rings. The standard InChI is InChI=1S/C32H38N4O7S/c1-21(24-10-8-7-9-11-24)34-30(38)36-28(37)26(29(36)44(6,40)41)18-23-16-17-33-27(19-23)35(31(39)43-32(2,3)4)20-22-12-14-25(42-5)15-13-22/h7-17,19,21,26,29H,18,20H2,1-6H3,(H,34,38)/t21-,26+,29-/m1/s1. The van der Waals surface area contributed by atoms with Crippen LogP contribution in [0.5, 0.6) is 5.75 Å². The highest BCUT2D eigenvalue weighted by Gasteiger charge is 2.55. The predicted octanol–water partition coefficient (Wildman–Crippen LogP) is 4.87. The lowest BCUT2D eigenvalue weighted by molar-refractivity contribution is -0.145. The first-order valence-electron chi connectivity index (χ1n) is 14.1. The average molecular weight is 623 g/mol. The lowest BCUT2D eigenvalue weighted by Crippen LogP contribution is -2.68. The molecule has 1 fully saturated rings. The number of carbonyl (C=O) groups excluding carboxylic acids is 3. The number of pyridine rings is 1. The van der Waals surface area contributed by atoms with E-state index in [2.05, 4.69) is 10.3 Å². The first-order chi connectivity index (χ1) is 20.7. The average Bonchev–Trinajstić information content (AvgIpc) is 2.96. The molecular formula is C32H38N4O7S. The molecule has 1 aromatic heterocycles. The highest BCUT2D eigenvalue weighted by molar-refractivity contribution is 7.91. The molecule has 12 heteroatoms. The lowest BCUT2D eigenvalue weighted by atomic mass is 9.91. The Morgan fingerprint density at radius 1 is 1.05 bits per heavy atom. The second kappa shape index (κ2) is 13.0. The van der Waals surface area contributed by atoms with Crippen LogP contribution in [0.3, 0.4) is 0 Å². The summed E-state index contributed by atoms with van der Waals surface area (Å²) in [7, 11) is -2.27. The second-order valence-corrected chi connectivity index (χ2v) is 13.9. The number of carbonyl (C=O) groups is 3. The van der Waals surface area contributed by atoms with Crippen LogP contribution in [0.25, 0.3) is 0 Å². The zero-order valence-corrected chi connectivity index (χ0v) is 26.5. The summed E-state index contributed by atoms with van der Waals surface area (Å²) < 4.78 is 36.5. The van der Waals surface area contributed by atoms with Crippen molar-refractivity contribution in [3.63, 3.8) is 0 Å². The summed E-state index contributed by atoms with van der Waals surface area (Å²) >= 11 is 0. The van der Waals surface area contributed by atoms with E-state index < -0.39 is 50.8 Å². The minimum absolute atomic E-state index is 0.0226. The fourth-order valence-electron chi connectivity index (χ4n) is 4.96. The SMILES string of the molecule is COc1ccc(CN(C(=O)OC(C)(C)C)c2cc(C[C@H]3C(=O)N(C(=O)N[C@H](C)c4ccccc4)[C@@H]3S(C)(=O)=O)ccn2)cc1. The number of urea groups is 1. The summed E-state index contributed by atoms with van der Waals surface area (Å²) in [5.74, 6) is -0.657. The van der Waals surface area contributed by atoms with E-state index in [0.29, 0.717) is 11.3 Å². The van der Waals surface area contributed by atoms with Crippen molar-refractivity contribution in [3.8, 4) is 5.75 Å². The van der Waals surface area contributed by atoms with Crippen LogP contribution in [0.4, 0.5) is 15.4 Å². The largest absolute Gasteiger partial charge is 0.497 e. The van der Waals surface area contributed by atoms with E-state index in [9.17, 15) is 22.8 Å². The van der Waals surface area contributed by atoms with E-state index >= 15 is 0 Å². The van der Waals surface area contributed by atoms with Gasteiger partial charge in [0.25, 0.3) is 0 Å². The maximum atomic E-state index is 13.3. The van der Waals surface area contributed by atoms with Gasteiger partial charge < -0.3 is 14.8 Å². The van der Waals surface area contributed by atoms with E-state index in [0.717, 1.165) is 22.3 Å². The number of benzene rings is 2. The van der Waals surface area contributed by atoms with Crippen LogP contribution in [0, 0.1) is 5.92 Å². The molecule has 11 nitrogen and oxygen atoms in total. The van der Waals surface area contributed by atoms with Crippen molar-refractivity contribution in [1.29, 1.82) is 0 Å². The van der Waals surface area contributed by atoms with Gasteiger partial charge in [-0.3, -0.25) is 9.69 Å². The third kappa shape index (κ3) is 7.73. The molecule has 0 aliphatic carbocycles. The lowest BCUT2D eigenvalue weighted by Gasteiger charge is -2.44. The van der Waals surface area contributed by atoms with Crippen LogP contribution < -0.4 is 15.0 Å². The summed E-state index contributed by atoms with van der Waals surface area (Å²) in [6.45, 7) is 7.17. The number of sulfone groups is 1. The molecule has 2 aromatic carbocycles. The van der Waals surface area contributed by atoms with Crippen LogP contribution in [0.15, 0.2) is 72.9 Å². The number of hydrogen-bond donors (Lipinski definition) is 1. The van der Waals surface area contributed by atoms with E-state index in [1.54, 1.807) is 59.1 Å². The van der Waals surface area contributed by atoms with Gasteiger partial charge in [-0.15, -0.1) is 0 Å². The Morgan fingerprint density at radius 3 is 2.30 bits per heavy atom. The normalized spacial score (nSPS) is 17.3. The summed E-state index contributed by atoms with van der Waals surface area (Å²) in [4.78, 5) is 46.1. The van der Waals surface area contributed by atoms with Crippen LogP contribution in [-0.4, -0.2) is 60.7 Å². The molecule has 2 heterocycles. The monoisotopic (exact) mass is 622 g/mol. The quantitative estimate of drug-likeness (QED) is 0.334. The Bertz CT molecular complexity index is 1610. The van der Waals surface area contributed by atoms with Crippen molar-refractivity contribution in [2.24, 2.45) is 5.92 Å². The number of nitrogens with one attached hydrogen (secondary N) is 1. The van der Waals surface area contributed by atoms with Gasteiger partial charge in [-0.05, 0) is 75.1 Å². The van der Waals surface area contributed by atoms with E-state index in [1.807, 2.05) is 42.5 Å². The Morgan fingerprint density at radius 2 is 1.70 bits per heavy atom. The molecule has 0 saturated carbocycles. The molecule has 0 bridgehead atoms. The maximum Gasteiger partial charge on any atom is 0.416 e. The highest BCUT2D eigenvalue weighted by Crippen LogP contribution is 2.34. The number of amides is 4. The van der Waals surface area contributed by atoms with Gasteiger partial charge in [-0.2, -0.15) is 0 Å². The van der Waals surface area contributed by atoms with Gasteiger partial charge in [0.2, 0.25) is 5.91 Å². The van der Waals surface area contributed by atoms with Gasteiger partial charge in [0, 0.05) is 12.5 Å². The minimum Gasteiger partial charge on any atom is -0.497 e. The number of β-lactam (4-membered cyclic amide) rings is 1. The van der Waals surface area contributed by atoms with Crippen LogP contribution >= 0.6 is 0 Å². The Balaban J connectivity index is 1.56. The predicted molar refractivity (Wildman–Crippen MR) is 166 cm³/mol. The molecule has 0 spiro atoms. The molecule has 0 radical (unpaired) electrons. The molecular weight excluding hydrogens is 584 g/mol. The van der Waals surface area contributed by atoms with Gasteiger partial charge in [-0.25, -0.2) is 27.9 Å². The Kier molecular flexibility index (Phi) is 9.62. The van der Waals surface area contributed by atoms with Gasteiger partial charge in [0.1, 0.15) is 17.2 Å². The number of methoxy groups -OCH3 is 1. The third-order valence-electron chi connectivity index (χ3n) is 7.11. The van der Waals surface area contributed by atoms with Gasteiger partial charge in [0.15, 0.2) is 15.2 Å². The summed E-state index contributed by atoms with van der Waals surface area (Å²) in [5.41, 5.74) is 1.41. The van der Waals surface area contributed by atoms with Crippen molar-refractivity contribution in [2.45, 2.75) is 57.7 Å². The number of ether oxygens (including phenoxy) is 2. The number of imide groups is 1. The van der Waals surface area contributed by atoms with Crippen LogP contribution in [-0.2, 0) is 32.3 Å². The van der Waals surface area contributed by atoms with Crippen molar-refractivity contribution >= 4 is 33.7 Å². The van der Waals surface area contributed by atoms with Gasteiger partial charge in [-0.1, -0.05) is 42.5 Å². The smallest absolute Gasteiger partial charge is 0.416 e. The van der Waals surface area contributed by atoms with E-state index in [4.69, 9.17) is 9.47 Å². The van der Waals surface area contributed by atoms with Crippen molar-refractivity contribution in [2.75, 3.05) is 18.3 Å². The topological polar surface area (TPSA) is 135 Å². The number of hydrogen-bond acceptors (Lipinski definition) is 8. The fourth-order valence-corrected chi connectivity index (χ4v) is 6.35. The van der Waals surface area contributed by atoms with Crippen molar-refractivity contribution in [3.05, 3.63) is 89.6 Å². The number of likely N-dealkylation sites (tertiary alicyclic amines) is 1. The molecule has 3 aromatic rings. The van der Waals surface area contributed by atoms with Crippen LogP contribution in [0.2, 0.25) is 0 Å². The molecule has 44 heavy (non-hydrogen) atoms. The summed E-state index contributed by atoms with van der Waals surface area (Å²) in [5, 5.41) is 1.39. The summed E-state index contributed by atoms with van der Waals surface area (Å²) in [6.07, 6.45) is 1.90. The number of anilines is 1. The van der Waals surface area contributed by atoms with E-state index in [1.165, 1.54) is 11.1 Å². The third-order valence-corrected chi connectivity index (χ3v) is 8.52. The molecule has 1 N–H and O–H groups in total. The number of aromatic nitrogens is 1. The van der Waals surface area contributed by atoms with Crippen molar-refractivity contribution in [1.82, 2.24) is 15.2 Å². The van der Waals surface area contributed by atoms with Gasteiger partial charge >= 0.3 is 12.1 Å². The Hall–Kier alpha value is -4.45.